The van der Waals surface area contributed by atoms with E-state index in [9.17, 15) is 9.18 Å². The second-order valence-corrected chi connectivity index (χ2v) is 8.04. The van der Waals surface area contributed by atoms with Crippen LogP contribution in [0.1, 0.15) is 18.1 Å². The molecule has 4 nitrogen and oxygen atoms in total. The Labute approximate surface area is 171 Å². The average Bonchev–Trinajstić information content (AvgIpc) is 2.71. The van der Waals surface area contributed by atoms with Crippen molar-refractivity contribution in [3.05, 3.63) is 70.5 Å². The van der Waals surface area contributed by atoms with Gasteiger partial charge in [0.2, 0.25) is 0 Å². The lowest BCUT2D eigenvalue weighted by Gasteiger charge is -2.32. The topological polar surface area (TPSA) is 38.0 Å². The number of hydrogen-bond acceptors (Lipinski definition) is 1. The third kappa shape index (κ3) is 6.03. The summed E-state index contributed by atoms with van der Waals surface area (Å²) in [5.41, 5.74) is 2.33. The molecule has 6 heteroatoms. The maximum atomic E-state index is 12.9. The standard InChI is InChI=1S/C22H27ClFN3O/c1-17(22(28)25-11-10-18-4-8-21(24)9-5-18)27-14-12-26(13-15-27)16-19-2-6-20(23)7-3-19/h2-9,17H,10-16H2,1H3,(H,25,28)/p+2/t17-/m1/s1. The van der Waals surface area contributed by atoms with Crippen LogP contribution in [0.25, 0.3) is 0 Å². The second-order valence-electron chi connectivity index (χ2n) is 7.60. The minimum Gasteiger partial charge on any atom is -0.351 e. The van der Waals surface area contributed by atoms with E-state index in [-0.39, 0.29) is 17.8 Å². The van der Waals surface area contributed by atoms with Crippen molar-refractivity contribution in [3.8, 4) is 0 Å². The van der Waals surface area contributed by atoms with Gasteiger partial charge in [0.15, 0.2) is 6.04 Å². The molecule has 1 amide bonds. The molecule has 3 N–H and O–H groups in total. The number of carbonyl (C=O) groups is 1. The van der Waals surface area contributed by atoms with Crippen molar-refractivity contribution in [1.29, 1.82) is 0 Å². The zero-order valence-corrected chi connectivity index (χ0v) is 17.1. The fourth-order valence-corrected chi connectivity index (χ4v) is 3.87. The Morgan fingerprint density at radius 3 is 2.29 bits per heavy atom. The van der Waals surface area contributed by atoms with Crippen molar-refractivity contribution in [2.75, 3.05) is 32.7 Å². The van der Waals surface area contributed by atoms with Gasteiger partial charge in [0.1, 0.15) is 38.5 Å². The Morgan fingerprint density at radius 1 is 1.04 bits per heavy atom. The van der Waals surface area contributed by atoms with Crippen LogP contribution in [0.3, 0.4) is 0 Å². The fraction of sp³-hybridized carbons (Fsp3) is 0.409. The van der Waals surface area contributed by atoms with Crippen LogP contribution in [0, 0.1) is 5.82 Å². The first-order valence-corrected chi connectivity index (χ1v) is 10.3. The van der Waals surface area contributed by atoms with Gasteiger partial charge in [0, 0.05) is 17.1 Å². The fourth-order valence-electron chi connectivity index (χ4n) is 3.74. The predicted molar refractivity (Wildman–Crippen MR) is 109 cm³/mol. The van der Waals surface area contributed by atoms with Crippen molar-refractivity contribution in [3.63, 3.8) is 0 Å². The van der Waals surface area contributed by atoms with Crippen molar-refractivity contribution in [2.24, 2.45) is 0 Å². The van der Waals surface area contributed by atoms with E-state index in [0.717, 1.165) is 43.3 Å². The molecular weight excluding hydrogens is 377 g/mol. The van der Waals surface area contributed by atoms with Gasteiger partial charge in [0.05, 0.1) is 0 Å². The molecule has 2 aromatic rings. The molecule has 1 fully saturated rings. The summed E-state index contributed by atoms with van der Waals surface area (Å²) in [6, 6.07) is 14.4. The van der Waals surface area contributed by atoms with Crippen molar-refractivity contribution in [2.45, 2.75) is 25.9 Å². The number of benzene rings is 2. The highest BCUT2D eigenvalue weighted by atomic mass is 35.5. The van der Waals surface area contributed by atoms with E-state index in [4.69, 9.17) is 11.6 Å². The normalized spacial score (nSPS) is 20.5. The number of rotatable bonds is 7. The molecule has 0 bridgehead atoms. The number of quaternary nitrogens is 2. The van der Waals surface area contributed by atoms with E-state index < -0.39 is 0 Å². The summed E-state index contributed by atoms with van der Waals surface area (Å²) in [6.45, 7) is 7.70. The van der Waals surface area contributed by atoms with Crippen LogP contribution < -0.4 is 15.1 Å². The van der Waals surface area contributed by atoms with Gasteiger partial charge in [-0.05, 0) is 43.2 Å². The van der Waals surface area contributed by atoms with Gasteiger partial charge in [-0.1, -0.05) is 35.9 Å². The molecule has 0 saturated carbocycles. The summed E-state index contributed by atoms with van der Waals surface area (Å²) >= 11 is 5.95. The summed E-state index contributed by atoms with van der Waals surface area (Å²) in [7, 11) is 0. The van der Waals surface area contributed by atoms with Gasteiger partial charge in [-0.2, -0.15) is 0 Å². The van der Waals surface area contributed by atoms with Crippen LogP contribution in [0.15, 0.2) is 48.5 Å². The SMILES string of the molecule is C[C@H](C(=O)NCCc1ccc(F)cc1)[NH+]1CC[NH+](Cc2ccc(Cl)cc2)CC1. The quantitative estimate of drug-likeness (QED) is 0.617. The number of hydrogen-bond donors (Lipinski definition) is 3. The first-order valence-electron chi connectivity index (χ1n) is 9.96. The second kappa shape index (κ2) is 10.0. The van der Waals surface area contributed by atoms with Crippen LogP contribution in [0.5, 0.6) is 0 Å². The Morgan fingerprint density at radius 2 is 1.64 bits per heavy atom. The zero-order chi connectivity index (χ0) is 19.9. The van der Waals surface area contributed by atoms with Crippen LogP contribution >= 0.6 is 11.6 Å². The highest BCUT2D eigenvalue weighted by Crippen LogP contribution is 2.08. The van der Waals surface area contributed by atoms with Crippen molar-refractivity contribution >= 4 is 17.5 Å². The lowest BCUT2D eigenvalue weighted by atomic mass is 10.1. The maximum absolute atomic E-state index is 12.9. The van der Waals surface area contributed by atoms with Gasteiger partial charge >= 0.3 is 0 Å². The maximum Gasteiger partial charge on any atom is 0.278 e. The Bertz CT molecular complexity index is 758. The number of halogens is 2. The van der Waals surface area contributed by atoms with E-state index in [1.165, 1.54) is 22.6 Å². The number of nitrogens with one attached hydrogen (secondary N) is 3. The highest BCUT2D eigenvalue weighted by molar-refractivity contribution is 6.30. The first-order chi connectivity index (χ1) is 13.5. The molecule has 1 atom stereocenters. The van der Waals surface area contributed by atoms with E-state index in [2.05, 4.69) is 17.4 Å². The average molecular weight is 406 g/mol. The molecule has 28 heavy (non-hydrogen) atoms. The van der Waals surface area contributed by atoms with Crippen LogP contribution in [-0.4, -0.2) is 44.7 Å². The van der Waals surface area contributed by atoms with Gasteiger partial charge in [-0.3, -0.25) is 4.79 Å². The van der Waals surface area contributed by atoms with Crippen molar-refractivity contribution in [1.82, 2.24) is 5.32 Å². The van der Waals surface area contributed by atoms with Crippen LogP contribution in [0.4, 0.5) is 4.39 Å². The van der Waals surface area contributed by atoms with Gasteiger partial charge in [-0.15, -0.1) is 0 Å². The predicted octanol–water partition coefficient (Wildman–Crippen LogP) is 0.510. The van der Waals surface area contributed by atoms with E-state index in [1.807, 2.05) is 19.1 Å². The third-order valence-corrected chi connectivity index (χ3v) is 5.85. The third-order valence-electron chi connectivity index (χ3n) is 5.60. The largest absolute Gasteiger partial charge is 0.351 e. The lowest BCUT2D eigenvalue weighted by molar-refractivity contribution is -1.02. The zero-order valence-electron chi connectivity index (χ0n) is 16.3. The first kappa shape index (κ1) is 20.8. The number of carbonyl (C=O) groups excluding carboxylic acids is 1. The molecule has 1 heterocycles. The van der Waals surface area contributed by atoms with Crippen molar-refractivity contribution < 1.29 is 19.0 Å². The van der Waals surface area contributed by atoms with Gasteiger partial charge < -0.3 is 15.1 Å². The molecule has 150 valence electrons. The Kier molecular flexibility index (Phi) is 7.43. The molecule has 2 aromatic carbocycles. The van der Waals surface area contributed by atoms with E-state index in [1.54, 1.807) is 17.0 Å². The lowest BCUT2D eigenvalue weighted by Crippen LogP contribution is -3.29. The minimum atomic E-state index is -0.234. The summed E-state index contributed by atoms with van der Waals surface area (Å²) in [5.74, 6) is -0.138. The summed E-state index contributed by atoms with van der Waals surface area (Å²) in [5, 5.41) is 3.80. The number of amides is 1. The van der Waals surface area contributed by atoms with Crippen LogP contribution in [0.2, 0.25) is 5.02 Å². The van der Waals surface area contributed by atoms with E-state index >= 15 is 0 Å². The molecule has 1 saturated heterocycles. The molecular formula is C22H29ClFN3O+2. The Balaban J connectivity index is 1.38. The summed E-state index contributed by atoms with van der Waals surface area (Å²) in [6.07, 6.45) is 0.715. The molecule has 3 rings (SSSR count). The highest BCUT2D eigenvalue weighted by Gasteiger charge is 2.30. The molecule has 0 spiro atoms. The Hall–Kier alpha value is -1.95. The van der Waals surface area contributed by atoms with Crippen LogP contribution in [-0.2, 0) is 17.8 Å². The summed E-state index contributed by atoms with van der Waals surface area (Å²) in [4.78, 5) is 15.4. The summed E-state index contributed by atoms with van der Waals surface area (Å²) < 4.78 is 12.9. The van der Waals surface area contributed by atoms with Gasteiger partial charge in [0.25, 0.3) is 5.91 Å². The molecule has 1 aliphatic rings. The van der Waals surface area contributed by atoms with E-state index in [0.29, 0.717) is 13.0 Å². The molecule has 0 aliphatic carbocycles. The molecule has 0 unspecified atom stereocenters. The monoisotopic (exact) mass is 405 g/mol. The molecule has 1 aliphatic heterocycles. The molecule has 0 aromatic heterocycles. The number of piperazine rings is 1. The smallest absolute Gasteiger partial charge is 0.278 e. The van der Waals surface area contributed by atoms with Gasteiger partial charge in [-0.25, -0.2) is 4.39 Å². The minimum absolute atomic E-state index is 0.0506. The molecule has 0 radical (unpaired) electrons.